The highest BCUT2D eigenvalue weighted by Crippen LogP contribution is 2.29. The first kappa shape index (κ1) is 17.0. The Morgan fingerprint density at radius 3 is 2.38 bits per heavy atom. The molecular weight excluding hydrogens is 310 g/mol. The van der Waals surface area contributed by atoms with Gasteiger partial charge in [-0.3, -0.25) is 9.59 Å². The van der Waals surface area contributed by atoms with Crippen LogP contribution in [0.2, 0.25) is 0 Å². The van der Waals surface area contributed by atoms with Crippen LogP contribution in [-0.4, -0.2) is 32.2 Å². The van der Waals surface area contributed by atoms with Crippen molar-refractivity contribution < 1.29 is 19.1 Å². The van der Waals surface area contributed by atoms with Crippen LogP contribution in [0.5, 0.6) is 11.5 Å². The molecule has 124 valence electrons. The summed E-state index contributed by atoms with van der Waals surface area (Å²) in [6.45, 7) is 0. The van der Waals surface area contributed by atoms with E-state index in [9.17, 15) is 9.59 Å². The van der Waals surface area contributed by atoms with Gasteiger partial charge in [0, 0.05) is 11.3 Å². The van der Waals surface area contributed by atoms with Crippen molar-refractivity contribution in [2.24, 2.45) is 5.10 Å². The fourth-order valence-corrected chi connectivity index (χ4v) is 1.93. The molecule has 0 radical (unpaired) electrons. The zero-order chi connectivity index (χ0) is 17.4. The van der Waals surface area contributed by atoms with E-state index in [1.54, 1.807) is 42.5 Å². The van der Waals surface area contributed by atoms with Gasteiger partial charge in [0.15, 0.2) is 11.5 Å². The second kappa shape index (κ2) is 8.33. The molecule has 0 saturated heterocycles. The van der Waals surface area contributed by atoms with Gasteiger partial charge in [0.1, 0.15) is 0 Å². The summed E-state index contributed by atoms with van der Waals surface area (Å²) in [6.07, 6.45) is 1.37. The van der Waals surface area contributed by atoms with Crippen molar-refractivity contribution in [3.63, 3.8) is 0 Å². The molecule has 0 aliphatic rings. The van der Waals surface area contributed by atoms with Gasteiger partial charge in [-0.15, -0.1) is 0 Å². The molecule has 0 bridgehead atoms. The van der Waals surface area contributed by atoms with Crippen LogP contribution in [0.3, 0.4) is 0 Å². The van der Waals surface area contributed by atoms with E-state index in [2.05, 4.69) is 15.8 Å². The summed E-state index contributed by atoms with van der Waals surface area (Å²) in [7, 11) is 3.02. The van der Waals surface area contributed by atoms with E-state index >= 15 is 0 Å². The average molecular weight is 327 g/mol. The maximum absolute atomic E-state index is 11.7. The Kier molecular flexibility index (Phi) is 5.90. The van der Waals surface area contributed by atoms with Gasteiger partial charge in [0.2, 0.25) is 0 Å². The van der Waals surface area contributed by atoms with Crippen molar-refractivity contribution >= 4 is 23.7 Å². The van der Waals surface area contributed by atoms with Crippen LogP contribution >= 0.6 is 0 Å². The summed E-state index contributed by atoms with van der Waals surface area (Å²) >= 11 is 0. The quantitative estimate of drug-likeness (QED) is 0.498. The van der Waals surface area contributed by atoms with E-state index in [4.69, 9.17) is 9.47 Å². The molecule has 0 fully saturated rings. The first-order valence-corrected chi connectivity index (χ1v) is 7.06. The van der Waals surface area contributed by atoms with Crippen molar-refractivity contribution in [1.82, 2.24) is 5.43 Å². The smallest absolute Gasteiger partial charge is 0.329 e. The zero-order valence-electron chi connectivity index (χ0n) is 13.3. The first-order chi connectivity index (χ1) is 11.7. The van der Waals surface area contributed by atoms with Crippen LogP contribution in [0.25, 0.3) is 0 Å². The van der Waals surface area contributed by atoms with Crippen molar-refractivity contribution in [3.05, 3.63) is 54.1 Å². The number of carbonyl (C=O) groups excluding carboxylic acids is 2. The third-order valence-electron chi connectivity index (χ3n) is 3.04. The summed E-state index contributed by atoms with van der Waals surface area (Å²) in [5.41, 5.74) is 3.28. The Balaban J connectivity index is 1.98. The maximum atomic E-state index is 11.7. The van der Waals surface area contributed by atoms with Crippen molar-refractivity contribution in [1.29, 1.82) is 0 Å². The van der Waals surface area contributed by atoms with Gasteiger partial charge < -0.3 is 14.8 Å². The Hall–Kier alpha value is -3.35. The number of ether oxygens (including phenoxy) is 2. The number of hydrogen-bond donors (Lipinski definition) is 2. The summed E-state index contributed by atoms with van der Waals surface area (Å²) in [5, 5.41) is 6.23. The lowest BCUT2D eigenvalue weighted by Gasteiger charge is -2.09. The molecule has 2 N–H and O–H groups in total. The number of nitrogens with zero attached hydrogens (tertiary/aromatic N) is 1. The Bertz CT molecular complexity index is 745. The number of rotatable bonds is 5. The molecule has 0 unspecified atom stereocenters. The number of carbonyl (C=O) groups is 2. The summed E-state index contributed by atoms with van der Waals surface area (Å²) in [5.74, 6) is -0.672. The Labute approximate surface area is 139 Å². The third kappa shape index (κ3) is 4.33. The van der Waals surface area contributed by atoms with Gasteiger partial charge in [-0.2, -0.15) is 5.10 Å². The van der Waals surface area contributed by atoms with Crippen molar-refractivity contribution in [2.45, 2.75) is 0 Å². The minimum absolute atomic E-state index is 0.478. The number of hydrogen-bond acceptors (Lipinski definition) is 5. The molecule has 24 heavy (non-hydrogen) atoms. The van der Waals surface area contributed by atoms with Crippen molar-refractivity contribution in [2.75, 3.05) is 19.5 Å². The minimum Gasteiger partial charge on any atom is -0.493 e. The fourth-order valence-electron chi connectivity index (χ4n) is 1.93. The largest absolute Gasteiger partial charge is 0.493 e. The van der Waals surface area contributed by atoms with E-state index < -0.39 is 11.8 Å². The molecule has 0 aliphatic heterocycles. The molecule has 0 atom stereocenters. The maximum Gasteiger partial charge on any atom is 0.329 e. The number of anilines is 1. The van der Waals surface area contributed by atoms with Crippen molar-refractivity contribution in [3.8, 4) is 11.5 Å². The van der Waals surface area contributed by atoms with Gasteiger partial charge in [-0.25, -0.2) is 5.43 Å². The Morgan fingerprint density at radius 1 is 0.958 bits per heavy atom. The zero-order valence-corrected chi connectivity index (χ0v) is 13.3. The number of para-hydroxylation sites is 2. The molecule has 0 heterocycles. The van der Waals surface area contributed by atoms with Crippen LogP contribution in [-0.2, 0) is 9.59 Å². The lowest BCUT2D eigenvalue weighted by Crippen LogP contribution is -2.32. The SMILES string of the molecule is COc1cccc(/C=N\NC(=O)C(=O)Nc2ccccc2)c1OC. The van der Waals surface area contributed by atoms with Crippen LogP contribution in [0, 0.1) is 0 Å². The van der Waals surface area contributed by atoms with E-state index in [1.165, 1.54) is 20.4 Å². The standard InChI is InChI=1S/C17H17N3O4/c1-23-14-10-6-7-12(15(14)24-2)11-18-20-17(22)16(21)19-13-8-4-3-5-9-13/h3-11H,1-2H3,(H,19,21)(H,20,22)/b18-11-. The third-order valence-corrected chi connectivity index (χ3v) is 3.04. The normalized spacial score (nSPS) is 10.2. The average Bonchev–Trinajstić information content (AvgIpc) is 2.62. The second-order valence-corrected chi connectivity index (χ2v) is 4.60. The molecule has 2 aromatic carbocycles. The van der Waals surface area contributed by atoms with Gasteiger partial charge >= 0.3 is 11.8 Å². The van der Waals surface area contributed by atoms with E-state index in [0.717, 1.165) is 0 Å². The first-order valence-electron chi connectivity index (χ1n) is 7.06. The highest BCUT2D eigenvalue weighted by molar-refractivity contribution is 6.39. The fraction of sp³-hybridized carbons (Fsp3) is 0.118. The molecule has 0 saturated carbocycles. The Morgan fingerprint density at radius 2 is 1.71 bits per heavy atom. The van der Waals surface area contributed by atoms with Gasteiger partial charge in [-0.05, 0) is 24.3 Å². The lowest BCUT2D eigenvalue weighted by atomic mass is 10.2. The number of benzene rings is 2. The number of nitrogens with one attached hydrogen (secondary N) is 2. The summed E-state index contributed by atoms with van der Waals surface area (Å²) in [4.78, 5) is 23.5. The molecule has 2 amide bonds. The van der Waals surface area contributed by atoms with E-state index in [-0.39, 0.29) is 0 Å². The van der Waals surface area contributed by atoms with Crippen LogP contribution < -0.4 is 20.2 Å². The summed E-state index contributed by atoms with van der Waals surface area (Å²) in [6, 6.07) is 13.9. The van der Waals surface area contributed by atoms with Crippen LogP contribution in [0.15, 0.2) is 53.6 Å². The second-order valence-electron chi connectivity index (χ2n) is 4.60. The van der Waals surface area contributed by atoms with Gasteiger partial charge in [0.25, 0.3) is 0 Å². The van der Waals surface area contributed by atoms with Crippen LogP contribution in [0.1, 0.15) is 5.56 Å². The predicted molar refractivity (Wildman–Crippen MR) is 90.4 cm³/mol. The monoisotopic (exact) mass is 327 g/mol. The molecule has 2 aromatic rings. The lowest BCUT2D eigenvalue weighted by molar-refractivity contribution is -0.136. The number of amides is 2. The molecule has 0 aromatic heterocycles. The number of methoxy groups -OCH3 is 2. The predicted octanol–water partition coefficient (Wildman–Crippen LogP) is 1.79. The topological polar surface area (TPSA) is 89.0 Å². The molecular formula is C17H17N3O4. The van der Waals surface area contributed by atoms with Gasteiger partial charge in [0.05, 0.1) is 20.4 Å². The highest BCUT2D eigenvalue weighted by atomic mass is 16.5. The van der Waals surface area contributed by atoms with Crippen LogP contribution in [0.4, 0.5) is 5.69 Å². The van der Waals surface area contributed by atoms with E-state index in [1.807, 2.05) is 6.07 Å². The highest BCUT2D eigenvalue weighted by Gasteiger charge is 2.13. The van der Waals surface area contributed by atoms with E-state index in [0.29, 0.717) is 22.7 Å². The molecule has 0 spiro atoms. The van der Waals surface area contributed by atoms with Gasteiger partial charge in [-0.1, -0.05) is 24.3 Å². The molecule has 7 heteroatoms. The molecule has 7 nitrogen and oxygen atoms in total. The summed E-state index contributed by atoms with van der Waals surface area (Å²) < 4.78 is 10.4. The number of hydrazone groups is 1. The minimum atomic E-state index is -0.878. The molecule has 2 rings (SSSR count). The molecule has 0 aliphatic carbocycles.